The zero-order chi connectivity index (χ0) is 32.4. The number of para-hydroxylation sites is 1. The molecule has 4 aliphatic rings. The summed E-state index contributed by atoms with van der Waals surface area (Å²) in [7, 11) is 0. The number of thioether (sulfide) groups is 1. The Morgan fingerprint density at radius 1 is 0.854 bits per heavy atom. The van der Waals surface area contributed by atoms with Gasteiger partial charge in [-0.25, -0.2) is 0 Å². The number of allylic oxidation sites excluding steroid dienone is 7. The highest BCUT2D eigenvalue weighted by Crippen LogP contribution is 2.67. The number of rotatable bonds is 5. The van der Waals surface area contributed by atoms with E-state index in [9.17, 15) is 0 Å². The Balaban J connectivity index is 1.12. The second-order valence-corrected chi connectivity index (χ2v) is 14.5. The summed E-state index contributed by atoms with van der Waals surface area (Å²) >= 11 is 2.07. The summed E-state index contributed by atoms with van der Waals surface area (Å²) in [5.41, 5.74) is 14.6. The lowest BCUT2D eigenvalue weighted by atomic mass is 9.73. The molecule has 0 saturated heterocycles. The molecule has 4 aromatic carbocycles. The van der Waals surface area contributed by atoms with Gasteiger partial charge in [-0.15, -0.1) is 11.8 Å². The van der Waals surface area contributed by atoms with Crippen molar-refractivity contribution in [2.24, 2.45) is 15.9 Å². The molecule has 0 radical (unpaired) electrons. The van der Waals surface area contributed by atoms with Crippen LogP contribution in [0.1, 0.15) is 52.6 Å². The number of hydrogen-bond acceptors (Lipinski definition) is 3. The van der Waals surface area contributed by atoms with Gasteiger partial charge >= 0.3 is 0 Å². The Kier molecular flexibility index (Phi) is 6.77. The van der Waals surface area contributed by atoms with Crippen molar-refractivity contribution >= 4 is 51.8 Å². The summed E-state index contributed by atoms with van der Waals surface area (Å²) in [5, 5.41) is 1.62. The minimum Gasteiger partial charge on any atom is -0.312 e. The lowest BCUT2D eigenvalue weighted by Crippen LogP contribution is -2.25. The van der Waals surface area contributed by atoms with Crippen LogP contribution >= 0.6 is 11.8 Å². The summed E-state index contributed by atoms with van der Waals surface area (Å²) in [5.74, 6) is 0.353. The first kappa shape index (κ1) is 29.0. The Hall–Kier alpha value is -5.19. The Morgan fingerprint density at radius 2 is 1.65 bits per heavy atom. The highest BCUT2D eigenvalue weighted by molar-refractivity contribution is 8.08. The predicted molar refractivity (Wildman–Crippen MR) is 205 cm³/mol. The van der Waals surface area contributed by atoms with Gasteiger partial charge in [0.05, 0.1) is 28.7 Å². The first-order valence-electron chi connectivity index (χ1n) is 16.6. The van der Waals surface area contributed by atoms with E-state index in [-0.39, 0.29) is 5.41 Å². The molecule has 2 unspecified atom stereocenters. The smallest absolute Gasteiger partial charge is 0.0788 e. The van der Waals surface area contributed by atoms with Crippen molar-refractivity contribution in [3.05, 3.63) is 178 Å². The molecular formula is C44H35N3S. The molecule has 48 heavy (non-hydrogen) atoms. The molecule has 1 aromatic heterocycles. The lowest BCUT2D eigenvalue weighted by Gasteiger charge is -2.33. The fourth-order valence-corrected chi connectivity index (χ4v) is 9.99. The van der Waals surface area contributed by atoms with Crippen LogP contribution < -0.4 is 0 Å². The number of aliphatic imine (C=N–C) groups is 2. The van der Waals surface area contributed by atoms with Gasteiger partial charge < -0.3 is 4.57 Å². The third kappa shape index (κ3) is 4.36. The maximum Gasteiger partial charge on any atom is 0.0788 e. The maximum absolute atomic E-state index is 5.13. The number of benzene rings is 4. The molecule has 3 aliphatic carbocycles. The fourth-order valence-electron chi connectivity index (χ4n) is 8.20. The van der Waals surface area contributed by atoms with Gasteiger partial charge in [-0.05, 0) is 53.3 Å². The van der Waals surface area contributed by atoms with E-state index in [0.29, 0.717) is 17.7 Å². The van der Waals surface area contributed by atoms with E-state index in [1.165, 1.54) is 49.4 Å². The van der Waals surface area contributed by atoms with Crippen molar-refractivity contribution < 1.29 is 0 Å². The maximum atomic E-state index is 5.13. The van der Waals surface area contributed by atoms with Crippen LogP contribution in [0.25, 0.3) is 33.3 Å². The Labute approximate surface area is 286 Å². The highest BCUT2D eigenvalue weighted by Gasteiger charge is 2.50. The third-order valence-electron chi connectivity index (χ3n) is 10.3. The molecule has 0 saturated carbocycles. The van der Waals surface area contributed by atoms with Crippen LogP contribution in [0.5, 0.6) is 0 Å². The molecule has 0 bridgehead atoms. The van der Waals surface area contributed by atoms with E-state index < -0.39 is 0 Å². The van der Waals surface area contributed by atoms with Crippen LogP contribution in [0.4, 0.5) is 0 Å². The summed E-state index contributed by atoms with van der Waals surface area (Å²) in [6, 6.07) is 37.0. The molecule has 3 nitrogen and oxygen atoms in total. The van der Waals surface area contributed by atoms with Crippen molar-refractivity contribution in [1.82, 2.24) is 4.57 Å². The van der Waals surface area contributed by atoms with Crippen molar-refractivity contribution in [3.63, 3.8) is 0 Å². The summed E-state index contributed by atoms with van der Waals surface area (Å²) in [4.78, 5) is 11.0. The van der Waals surface area contributed by atoms with Gasteiger partial charge in [-0.2, -0.15) is 0 Å². The van der Waals surface area contributed by atoms with Crippen LogP contribution in [0.2, 0.25) is 0 Å². The van der Waals surface area contributed by atoms with Crippen LogP contribution in [0, 0.1) is 5.92 Å². The van der Waals surface area contributed by atoms with Gasteiger partial charge in [0.25, 0.3) is 0 Å². The SMILES string of the molecule is C=N/C(=C1/C=CC=C/C1=N/Cc1cccc(-n2c3c(c4ccccc42)C=CC2C4=C(SC32)c2ccccc2C4(C)C)c1)c1ccccc1. The molecule has 0 amide bonds. The predicted octanol–water partition coefficient (Wildman–Crippen LogP) is 10.9. The number of fused-ring (bicyclic) bond motifs is 8. The van der Waals surface area contributed by atoms with Gasteiger partial charge in [0.15, 0.2) is 0 Å². The molecule has 2 atom stereocenters. The van der Waals surface area contributed by atoms with Crippen molar-refractivity contribution in [3.8, 4) is 5.69 Å². The molecule has 9 rings (SSSR count). The number of aromatic nitrogens is 1. The average molecular weight is 638 g/mol. The van der Waals surface area contributed by atoms with Crippen molar-refractivity contribution in [2.45, 2.75) is 31.1 Å². The van der Waals surface area contributed by atoms with E-state index in [1.54, 1.807) is 5.57 Å². The molecule has 5 aromatic rings. The second kappa shape index (κ2) is 11.2. The molecule has 0 fully saturated rings. The molecular weight excluding hydrogens is 603 g/mol. The normalized spacial score (nSPS) is 21.8. The first-order valence-corrected chi connectivity index (χ1v) is 17.5. The first-order chi connectivity index (χ1) is 23.5. The van der Waals surface area contributed by atoms with E-state index in [0.717, 1.165) is 22.5 Å². The minimum atomic E-state index is 0.00761. The molecule has 4 heteroatoms. The van der Waals surface area contributed by atoms with Gasteiger partial charge in [0.2, 0.25) is 0 Å². The molecule has 0 spiro atoms. The summed E-state index contributed by atoms with van der Waals surface area (Å²) < 4.78 is 2.53. The average Bonchev–Trinajstić information content (AvgIpc) is 3.75. The van der Waals surface area contributed by atoms with Crippen LogP contribution in [0.15, 0.2) is 155 Å². The van der Waals surface area contributed by atoms with Gasteiger partial charge in [0.1, 0.15) is 0 Å². The van der Waals surface area contributed by atoms with Gasteiger partial charge in [-0.1, -0.05) is 129 Å². The third-order valence-corrected chi connectivity index (χ3v) is 11.8. The lowest BCUT2D eigenvalue weighted by molar-refractivity contribution is 0.551. The van der Waals surface area contributed by atoms with Crippen molar-refractivity contribution in [2.75, 3.05) is 0 Å². The quantitative estimate of drug-likeness (QED) is 0.176. The number of hydrogen-bond donors (Lipinski definition) is 0. The molecule has 232 valence electrons. The fraction of sp³-hybridized carbons (Fsp3) is 0.136. The van der Waals surface area contributed by atoms with Crippen LogP contribution in [-0.4, -0.2) is 17.0 Å². The summed E-state index contributed by atoms with van der Waals surface area (Å²) in [6.45, 7) is 9.27. The van der Waals surface area contributed by atoms with E-state index >= 15 is 0 Å². The number of nitrogens with zero attached hydrogens (tertiary/aromatic N) is 3. The molecule has 1 aliphatic heterocycles. The van der Waals surface area contributed by atoms with E-state index in [1.807, 2.05) is 30.4 Å². The van der Waals surface area contributed by atoms with E-state index in [2.05, 4.69) is 151 Å². The molecule has 0 N–H and O–H groups in total. The summed E-state index contributed by atoms with van der Waals surface area (Å²) in [6.07, 6.45) is 13.1. The van der Waals surface area contributed by atoms with Gasteiger partial charge in [-0.3, -0.25) is 9.98 Å². The zero-order valence-corrected chi connectivity index (χ0v) is 27.9. The monoisotopic (exact) mass is 637 g/mol. The van der Waals surface area contributed by atoms with Crippen LogP contribution in [-0.2, 0) is 12.0 Å². The standard InChI is InChI=1S/C44H35N3S/c1-44(2)36-21-10-7-19-33(36)42-39(44)35-25-24-32-31-18-9-12-23-38(31)47(41(32)43(35)48-42)30-17-13-14-28(26-30)27-46-37-22-11-8-20-34(37)40(45-3)29-15-5-4-6-16-29/h4-26,35,43H,3,27H2,1-2H3/b40-34-,46-37-. The van der Waals surface area contributed by atoms with Gasteiger partial charge in [0, 0.05) is 49.7 Å². The highest BCUT2D eigenvalue weighted by atomic mass is 32.2. The molecule has 2 heterocycles. The second-order valence-electron chi connectivity index (χ2n) is 13.4. The minimum absolute atomic E-state index is 0.00761. The zero-order valence-electron chi connectivity index (χ0n) is 27.1. The van der Waals surface area contributed by atoms with Crippen molar-refractivity contribution in [1.29, 1.82) is 0 Å². The Morgan fingerprint density at radius 3 is 2.52 bits per heavy atom. The van der Waals surface area contributed by atoms with Crippen LogP contribution in [0.3, 0.4) is 0 Å². The largest absolute Gasteiger partial charge is 0.312 e. The van der Waals surface area contributed by atoms with E-state index in [4.69, 9.17) is 4.99 Å². The Bertz CT molecular complexity index is 2340. The topological polar surface area (TPSA) is 29.6 Å².